The highest BCUT2D eigenvalue weighted by atomic mass is 16.4. The maximum atomic E-state index is 11.6. The largest absolute Gasteiger partial charge is 0.478 e. The van der Waals surface area contributed by atoms with Crippen LogP contribution in [0.5, 0.6) is 0 Å². The van der Waals surface area contributed by atoms with Gasteiger partial charge in [-0.1, -0.05) is 31.9 Å². The van der Waals surface area contributed by atoms with Gasteiger partial charge in [-0.05, 0) is 24.1 Å². The van der Waals surface area contributed by atoms with Crippen LogP contribution in [0.4, 0.5) is 0 Å². The van der Waals surface area contributed by atoms with E-state index in [1.165, 1.54) is 12.1 Å². The number of carboxylic acids is 1. The average Bonchev–Trinajstić information content (AvgIpc) is 2.35. The molecule has 0 aliphatic carbocycles. The number of hydrogen-bond acceptors (Lipinski definition) is 2. The van der Waals surface area contributed by atoms with Crippen LogP contribution in [-0.2, 0) is 11.2 Å². The van der Waals surface area contributed by atoms with Crippen LogP contribution >= 0.6 is 0 Å². The predicted octanol–water partition coefficient (Wildman–Crippen LogP) is 2.23. The van der Waals surface area contributed by atoms with Gasteiger partial charge < -0.3 is 10.4 Å². The van der Waals surface area contributed by atoms with Crippen molar-refractivity contribution in [2.24, 2.45) is 0 Å². The van der Waals surface area contributed by atoms with Crippen molar-refractivity contribution < 1.29 is 14.7 Å². The number of aromatic carboxylic acids is 1. The Balaban J connectivity index is 2.37. The Morgan fingerprint density at radius 2 is 1.83 bits per heavy atom. The van der Waals surface area contributed by atoms with E-state index >= 15 is 0 Å². The standard InChI is InChI=1S/C14H19NO3/c1-2-3-4-9-15-13(16)10-11-5-7-12(8-6-11)14(17)18/h5-8H,2-4,9-10H2,1H3,(H,15,16)(H,17,18). The summed E-state index contributed by atoms with van der Waals surface area (Å²) in [6.45, 7) is 2.83. The van der Waals surface area contributed by atoms with E-state index in [4.69, 9.17) is 5.11 Å². The number of carbonyl (C=O) groups is 2. The third-order valence-corrected chi connectivity index (χ3v) is 2.67. The van der Waals surface area contributed by atoms with Gasteiger partial charge in [0, 0.05) is 6.54 Å². The topological polar surface area (TPSA) is 66.4 Å². The van der Waals surface area contributed by atoms with Gasteiger partial charge >= 0.3 is 5.97 Å². The number of unbranched alkanes of at least 4 members (excludes halogenated alkanes) is 2. The quantitative estimate of drug-likeness (QED) is 0.728. The molecule has 2 N–H and O–H groups in total. The van der Waals surface area contributed by atoms with Crippen molar-refractivity contribution in [3.63, 3.8) is 0 Å². The molecule has 0 fully saturated rings. The molecule has 0 atom stereocenters. The third-order valence-electron chi connectivity index (χ3n) is 2.67. The second kappa shape index (κ2) is 7.48. The molecule has 18 heavy (non-hydrogen) atoms. The van der Waals surface area contributed by atoms with Crippen LogP contribution in [0.15, 0.2) is 24.3 Å². The lowest BCUT2D eigenvalue weighted by Crippen LogP contribution is -2.26. The van der Waals surface area contributed by atoms with E-state index in [1.54, 1.807) is 12.1 Å². The van der Waals surface area contributed by atoms with Crippen molar-refractivity contribution in [2.45, 2.75) is 32.6 Å². The van der Waals surface area contributed by atoms with E-state index in [-0.39, 0.29) is 11.5 Å². The van der Waals surface area contributed by atoms with Crippen molar-refractivity contribution in [2.75, 3.05) is 6.54 Å². The van der Waals surface area contributed by atoms with E-state index in [9.17, 15) is 9.59 Å². The molecule has 1 rings (SSSR count). The second-order valence-corrected chi connectivity index (χ2v) is 4.24. The van der Waals surface area contributed by atoms with Gasteiger partial charge in [-0.15, -0.1) is 0 Å². The number of amides is 1. The zero-order valence-corrected chi connectivity index (χ0v) is 10.6. The zero-order valence-electron chi connectivity index (χ0n) is 10.6. The summed E-state index contributed by atoms with van der Waals surface area (Å²) in [4.78, 5) is 22.2. The Kier molecular flexibility index (Phi) is 5.91. The minimum absolute atomic E-state index is 0.0193. The Morgan fingerprint density at radius 1 is 1.17 bits per heavy atom. The molecular formula is C14H19NO3. The fourth-order valence-electron chi connectivity index (χ4n) is 1.62. The lowest BCUT2D eigenvalue weighted by Gasteiger charge is -2.05. The molecule has 0 radical (unpaired) electrons. The van der Waals surface area contributed by atoms with E-state index in [2.05, 4.69) is 12.2 Å². The highest BCUT2D eigenvalue weighted by Gasteiger charge is 2.05. The summed E-state index contributed by atoms with van der Waals surface area (Å²) in [6.07, 6.45) is 3.55. The van der Waals surface area contributed by atoms with Crippen LogP contribution in [0.1, 0.15) is 42.1 Å². The summed E-state index contributed by atoms with van der Waals surface area (Å²) in [7, 11) is 0. The SMILES string of the molecule is CCCCCNC(=O)Cc1ccc(C(=O)O)cc1. The first-order valence-electron chi connectivity index (χ1n) is 6.22. The van der Waals surface area contributed by atoms with Gasteiger partial charge in [-0.2, -0.15) is 0 Å². The molecule has 0 spiro atoms. The van der Waals surface area contributed by atoms with Crippen LogP contribution in [0.3, 0.4) is 0 Å². The maximum absolute atomic E-state index is 11.6. The predicted molar refractivity (Wildman–Crippen MR) is 69.6 cm³/mol. The van der Waals surface area contributed by atoms with E-state index in [1.807, 2.05) is 0 Å². The molecule has 0 unspecified atom stereocenters. The van der Waals surface area contributed by atoms with Crippen LogP contribution in [-0.4, -0.2) is 23.5 Å². The van der Waals surface area contributed by atoms with Crippen molar-refractivity contribution in [1.29, 1.82) is 0 Å². The summed E-state index contributed by atoms with van der Waals surface area (Å²) in [5.41, 5.74) is 1.06. The van der Waals surface area contributed by atoms with Gasteiger partial charge in [0.1, 0.15) is 0 Å². The van der Waals surface area contributed by atoms with Gasteiger partial charge in [0.05, 0.1) is 12.0 Å². The molecule has 1 aromatic rings. The maximum Gasteiger partial charge on any atom is 0.335 e. The molecule has 0 bridgehead atoms. The number of rotatable bonds is 7. The van der Waals surface area contributed by atoms with Crippen LogP contribution in [0, 0.1) is 0 Å². The highest BCUT2D eigenvalue weighted by Crippen LogP contribution is 2.05. The molecule has 0 saturated heterocycles. The summed E-state index contributed by atoms with van der Waals surface area (Å²) in [5.74, 6) is -0.972. The minimum atomic E-state index is -0.953. The lowest BCUT2D eigenvalue weighted by molar-refractivity contribution is -0.120. The fourth-order valence-corrected chi connectivity index (χ4v) is 1.62. The van der Waals surface area contributed by atoms with E-state index < -0.39 is 5.97 Å². The second-order valence-electron chi connectivity index (χ2n) is 4.24. The van der Waals surface area contributed by atoms with Crippen LogP contribution in [0.25, 0.3) is 0 Å². The first kappa shape index (κ1) is 14.2. The molecule has 0 aromatic heterocycles. The van der Waals surface area contributed by atoms with Gasteiger partial charge in [-0.25, -0.2) is 4.79 Å². The normalized spacial score (nSPS) is 10.1. The molecular weight excluding hydrogens is 230 g/mol. The molecule has 0 aliphatic heterocycles. The van der Waals surface area contributed by atoms with Gasteiger partial charge in [0.2, 0.25) is 5.91 Å². The van der Waals surface area contributed by atoms with Gasteiger partial charge in [0.25, 0.3) is 0 Å². The fraction of sp³-hybridized carbons (Fsp3) is 0.429. The summed E-state index contributed by atoms with van der Waals surface area (Å²) < 4.78 is 0. The smallest absolute Gasteiger partial charge is 0.335 e. The summed E-state index contributed by atoms with van der Waals surface area (Å²) in [6, 6.07) is 6.38. The highest BCUT2D eigenvalue weighted by molar-refractivity contribution is 5.87. The van der Waals surface area contributed by atoms with Gasteiger partial charge in [-0.3, -0.25) is 4.79 Å². The molecule has 4 nitrogen and oxygen atoms in total. The number of benzene rings is 1. The molecule has 1 amide bonds. The minimum Gasteiger partial charge on any atom is -0.478 e. The molecule has 0 saturated carbocycles. The monoisotopic (exact) mass is 249 g/mol. The number of nitrogens with one attached hydrogen (secondary N) is 1. The summed E-state index contributed by atoms with van der Waals surface area (Å²) >= 11 is 0. The molecule has 1 aromatic carbocycles. The number of carboxylic acid groups (broad SMARTS) is 1. The lowest BCUT2D eigenvalue weighted by atomic mass is 10.1. The third kappa shape index (κ3) is 4.99. The van der Waals surface area contributed by atoms with E-state index in [0.29, 0.717) is 13.0 Å². The van der Waals surface area contributed by atoms with Gasteiger partial charge in [0.15, 0.2) is 0 Å². The first-order chi connectivity index (χ1) is 8.63. The van der Waals surface area contributed by atoms with E-state index in [0.717, 1.165) is 24.8 Å². The number of carbonyl (C=O) groups excluding carboxylic acids is 1. The molecule has 0 heterocycles. The van der Waals surface area contributed by atoms with Crippen molar-refractivity contribution in [3.8, 4) is 0 Å². The molecule has 4 heteroatoms. The van der Waals surface area contributed by atoms with Crippen molar-refractivity contribution >= 4 is 11.9 Å². The average molecular weight is 249 g/mol. The van der Waals surface area contributed by atoms with Crippen LogP contribution in [0.2, 0.25) is 0 Å². The summed E-state index contributed by atoms with van der Waals surface area (Å²) in [5, 5.41) is 11.6. The molecule has 98 valence electrons. The Bertz CT molecular complexity index is 398. The Hall–Kier alpha value is -1.84. The Morgan fingerprint density at radius 3 is 2.39 bits per heavy atom. The number of hydrogen-bond donors (Lipinski definition) is 2. The zero-order chi connectivity index (χ0) is 13.4. The Labute approximate surface area is 107 Å². The first-order valence-corrected chi connectivity index (χ1v) is 6.22. The van der Waals surface area contributed by atoms with Crippen LogP contribution < -0.4 is 5.32 Å². The van der Waals surface area contributed by atoms with Crippen molar-refractivity contribution in [3.05, 3.63) is 35.4 Å². The van der Waals surface area contributed by atoms with Crippen molar-refractivity contribution in [1.82, 2.24) is 5.32 Å². The molecule has 0 aliphatic rings.